The zero-order chi connectivity index (χ0) is 26.6. The Morgan fingerprint density at radius 1 is 0.838 bits per heavy atom. The summed E-state index contributed by atoms with van der Waals surface area (Å²) in [6.45, 7) is 7.68. The summed E-state index contributed by atoms with van der Waals surface area (Å²) < 4.78 is 10.9. The molecule has 0 spiro atoms. The Kier molecular flexibility index (Phi) is 9.55. The fourth-order valence-electron chi connectivity index (χ4n) is 3.27. The van der Waals surface area contributed by atoms with Gasteiger partial charge in [-0.1, -0.05) is 30.9 Å². The molecule has 0 aliphatic carbocycles. The molecule has 9 heteroatoms. The summed E-state index contributed by atoms with van der Waals surface area (Å²) in [7, 11) is 0. The number of hydrogen-bond acceptors (Lipinski definition) is 6. The molecule has 37 heavy (non-hydrogen) atoms. The van der Waals surface area contributed by atoms with Crippen LogP contribution in [-0.4, -0.2) is 37.1 Å². The van der Waals surface area contributed by atoms with Gasteiger partial charge in [-0.2, -0.15) is 5.10 Å². The van der Waals surface area contributed by atoms with E-state index in [1.165, 1.54) is 6.21 Å². The maximum absolute atomic E-state index is 12.2. The van der Waals surface area contributed by atoms with Crippen LogP contribution in [0.1, 0.15) is 16.7 Å². The van der Waals surface area contributed by atoms with E-state index in [4.69, 9.17) is 9.47 Å². The fourth-order valence-corrected chi connectivity index (χ4v) is 3.27. The molecular weight excluding hydrogens is 472 g/mol. The van der Waals surface area contributed by atoms with Crippen LogP contribution in [-0.2, 0) is 14.4 Å². The Labute approximate surface area is 215 Å². The van der Waals surface area contributed by atoms with Crippen molar-refractivity contribution in [2.24, 2.45) is 5.10 Å². The van der Waals surface area contributed by atoms with Crippen LogP contribution >= 0.6 is 0 Å². The summed E-state index contributed by atoms with van der Waals surface area (Å²) in [5, 5.41) is 9.09. The highest BCUT2D eigenvalue weighted by molar-refractivity contribution is 6.39. The third-order valence-electron chi connectivity index (χ3n) is 4.80. The number of rotatable bonds is 10. The van der Waals surface area contributed by atoms with Gasteiger partial charge in [0.1, 0.15) is 18.1 Å². The monoisotopic (exact) mass is 500 g/mol. The van der Waals surface area contributed by atoms with E-state index in [9.17, 15) is 14.4 Å². The number of amides is 3. The lowest BCUT2D eigenvalue weighted by molar-refractivity contribution is -0.136. The molecule has 190 valence electrons. The number of benzene rings is 3. The van der Waals surface area contributed by atoms with Gasteiger partial charge in [0.05, 0.1) is 6.21 Å². The minimum absolute atomic E-state index is 0.175. The Hall–Kier alpha value is -4.92. The van der Waals surface area contributed by atoms with E-state index in [0.29, 0.717) is 35.0 Å². The molecule has 0 aromatic heterocycles. The Morgan fingerprint density at radius 2 is 1.57 bits per heavy atom. The van der Waals surface area contributed by atoms with Crippen molar-refractivity contribution in [3.8, 4) is 11.5 Å². The molecule has 0 fully saturated rings. The first kappa shape index (κ1) is 26.7. The van der Waals surface area contributed by atoms with Gasteiger partial charge in [0.2, 0.25) is 0 Å². The average Bonchev–Trinajstić information content (AvgIpc) is 2.86. The molecule has 3 aromatic carbocycles. The maximum Gasteiger partial charge on any atom is 0.329 e. The number of carbonyl (C=O) groups is 3. The van der Waals surface area contributed by atoms with Gasteiger partial charge in [-0.3, -0.25) is 14.4 Å². The smallest absolute Gasteiger partial charge is 0.329 e. The van der Waals surface area contributed by atoms with E-state index in [1.807, 2.05) is 32.0 Å². The molecule has 3 N–H and O–H groups in total. The molecule has 0 bridgehead atoms. The number of hydrogen-bond donors (Lipinski definition) is 3. The first-order chi connectivity index (χ1) is 17.8. The molecule has 9 nitrogen and oxygen atoms in total. The number of nitrogens with zero attached hydrogens (tertiary/aromatic N) is 1. The molecule has 0 saturated carbocycles. The molecular formula is C28H28N4O5. The molecule has 0 heterocycles. The van der Waals surface area contributed by atoms with Crippen molar-refractivity contribution in [1.82, 2.24) is 5.43 Å². The minimum Gasteiger partial charge on any atom is -0.490 e. The standard InChI is InChI=1S/C28H28N4O5/c1-4-12-36-24-10-8-22(9-11-24)31-27(34)28(35)32-29-17-21-6-5-7-25(16-21)37-18-26(33)30-23-14-19(2)13-20(3)15-23/h4-11,13-17H,1,12,18H2,2-3H3,(H,30,33)(H,31,34)(H,32,35)/b29-17-. The Morgan fingerprint density at radius 3 is 2.27 bits per heavy atom. The summed E-state index contributed by atoms with van der Waals surface area (Å²) in [6.07, 6.45) is 2.98. The zero-order valence-electron chi connectivity index (χ0n) is 20.6. The van der Waals surface area contributed by atoms with Crippen molar-refractivity contribution in [2.45, 2.75) is 13.8 Å². The molecule has 3 rings (SSSR count). The van der Waals surface area contributed by atoms with Gasteiger partial charge in [0.25, 0.3) is 5.91 Å². The first-order valence-corrected chi connectivity index (χ1v) is 11.4. The number of carbonyl (C=O) groups excluding carboxylic acids is 3. The lowest BCUT2D eigenvalue weighted by Crippen LogP contribution is -2.32. The SMILES string of the molecule is C=CCOc1ccc(NC(=O)C(=O)N/N=C\c2cccc(OCC(=O)Nc3cc(C)cc(C)c3)c2)cc1. The predicted molar refractivity (Wildman–Crippen MR) is 143 cm³/mol. The van der Waals surface area contributed by atoms with Crippen molar-refractivity contribution in [1.29, 1.82) is 0 Å². The maximum atomic E-state index is 12.2. The topological polar surface area (TPSA) is 118 Å². The summed E-state index contributed by atoms with van der Waals surface area (Å²) in [4.78, 5) is 36.4. The van der Waals surface area contributed by atoms with Crippen LogP contribution in [0.3, 0.4) is 0 Å². The first-order valence-electron chi connectivity index (χ1n) is 11.4. The third-order valence-corrected chi connectivity index (χ3v) is 4.80. The predicted octanol–water partition coefficient (Wildman–Crippen LogP) is 3.97. The van der Waals surface area contributed by atoms with E-state index in [-0.39, 0.29) is 12.5 Å². The molecule has 3 amide bonds. The van der Waals surface area contributed by atoms with Crippen LogP contribution in [0.15, 0.2) is 84.5 Å². The summed E-state index contributed by atoms with van der Waals surface area (Å²) >= 11 is 0. The quantitative estimate of drug-likeness (QED) is 0.168. The second-order valence-corrected chi connectivity index (χ2v) is 8.06. The fraction of sp³-hybridized carbons (Fsp3) is 0.143. The molecule has 0 saturated heterocycles. The van der Waals surface area contributed by atoms with Crippen LogP contribution in [0.25, 0.3) is 0 Å². The van der Waals surface area contributed by atoms with Crippen LogP contribution in [0.2, 0.25) is 0 Å². The second kappa shape index (κ2) is 13.2. The summed E-state index contributed by atoms with van der Waals surface area (Å²) in [5.74, 6) is -1.03. The Balaban J connectivity index is 1.46. The zero-order valence-corrected chi connectivity index (χ0v) is 20.6. The van der Waals surface area contributed by atoms with Crippen molar-refractivity contribution >= 4 is 35.3 Å². The number of nitrogens with one attached hydrogen (secondary N) is 3. The van der Waals surface area contributed by atoms with E-state index in [2.05, 4.69) is 27.7 Å². The molecule has 0 unspecified atom stereocenters. The van der Waals surface area contributed by atoms with Crippen molar-refractivity contribution < 1.29 is 23.9 Å². The summed E-state index contributed by atoms with van der Waals surface area (Å²) in [6, 6.07) is 19.1. The van der Waals surface area contributed by atoms with Crippen molar-refractivity contribution in [3.63, 3.8) is 0 Å². The number of hydrazone groups is 1. The van der Waals surface area contributed by atoms with Gasteiger partial charge in [0, 0.05) is 11.4 Å². The highest BCUT2D eigenvalue weighted by atomic mass is 16.5. The van der Waals surface area contributed by atoms with Crippen molar-refractivity contribution in [2.75, 3.05) is 23.8 Å². The lowest BCUT2D eigenvalue weighted by Gasteiger charge is -2.09. The number of ether oxygens (including phenoxy) is 2. The largest absolute Gasteiger partial charge is 0.490 e. The molecule has 0 radical (unpaired) electrons. The average molecular weight is 501 g/mol. The Bertz CT molecular complexity index is 1280. The number of anilines is 2. The molecule has 0 aliphatic rings. The highest BCUT2D eigenvalue weighted by Crippen LogP contribution is 2.16. The van der Waals surface area contributed by atoms with Gasteiger partial charge in [-0.05, 0) is 79.1 Å². The van der Waals surface area contributed by atoms with Gasteiger partial charge in [-0.25, -0.2) is 5.43 Å². The van der Waals surface area contributed by atoms with Gasteiger partial charge >= 0.3 is 11.8 Å². The highest BCUT2D eigenvalue weighted by Gasteiger charge is 2.13. The second-order valence-electron chi connectivity index (χ2n) is 8.06. The van der Waals surface area contributed by atoms with E-state index in [0.717, 1.165) is 11.1 Å². The van der Waals surface area contributed by atoms with E-state index >= 15 is 0 Å². The van der Waals surface area contributed by atoms with E-state index in [1.54, 1.807) is 54.6 Å². The van der Waals surface area contributed by atoms with Crippen LogP contribution in [0, 0.1) is 13.8 Å². The normalized spacial score (nSPS) is 10.4. The van der Waals surface area contributed by atoms with Gasteiger partial charge < -0.3 is 20.1 Å². The van der Waals surface area contributed by atoms with Crippen LogP contribution in [0.4, 0.5) is 11.4 Å². The van der Waals surface area contributed by atoms with Crippen LogP contribution in [0.5, 0.6) is 11.5 Å². The van der Waals surface area contributed by atoms with Gasteiger partial charge in [-0.15, -0.1) is 0 Å². The molecule has 3 aromatic rings. The van der Waals surface area contributed by atoms with Gasteiger partial charge in [0.15, 0.2) is 6.61 Å². The molecule has 0 aliphatic heterocycles. The molecule has 0 atom stereocenters. The van der Waals surface area contributed by atoms with E-state index < -0.39 is 11.8 Å². The van der Waals surface area contributed by atoms with Crippen molar-refractivity contribution in [3.05, 3.63) is 96.1 Å². The summed E-state index contributed by atoms with van der Waals surface area (Å²) in [5.41, 5.74) is 6.02. The third kappa shape index (κ3) is 8.99. The number of aryl methyl sites for hydroxylation is 2. The minimum atomic E-state index is -0.932. The van der Waals surface area contributed by atoms with Crippen LogP contribution < -0.4 is 25.5 Å². The lowest BCUT2D eigenvalue weighted by atomic mass is 10.1.